The van der Waals surface area contributed by atoms with Gasteiger partial charge in [-0.3, -0.25) is 4.40 Å². The maximum Gasteiger partial charge on any atom is 0.231 e. The van der Waals surface area contributed by atoms with Gasteiger partial charge in [0.05, 0.1) is 16.7 Å². The Morgan fingerprint density at radius 1 is 0.939 bits per heavy atom. The van der Waals surface area contributed by atoms with Crippen molar-refractivity contribution in [2.24, 2.45) is 0 Å². The van der Waals surface area contributed by atoms with E-state index in [1.807, 2.05) is 89.3 Å². The van der Waals surface area contributed by atoms with E-state index in [4.69, 9.17) is 26.1 Å². The molecule has 0 unspecified atom stereocenters. The number of nitrogens with zero attached hydrogens (tertiary/aromatic N) is 3. The molecule has 0 aliphatic carbocycles. The monoisotopic (exact) mass is 449 g/mol. The van der Waals surface area contributed by atoms with E-state index in [2.05, 4.69) is 6.07 Å². The quantitative estimate of drug-likeness (QED) is 0.312. The Morgan fingerprint density at radius 2 is 1.76 bits per heavy atom. The van der Waals surface area contributed by atoms with E-state index in [1.54, 1.807) is 0 Å². The van der Waals surface area contributed by atoms with Crippen LogP contribution in [0.4, 0.5) is 0 Å². The molecule has 0 saturated heterocycles. The number of ether oxygens (including phenoxy) is 2. The van der Waals surface area contributed by atoms with Crippen LogP contribution in [0.5, 0.6) is 11.5 Å². The second kappa shape index (κ2) is 7.70. The average molecular weight is 450 g/mol. The van der Waals surface area contributed by atoms with E-state index >= 15 is 0 Å². The van der Waals surface area contributed by atoms with Crippen LogP contribution in [0.25, 0.3) is 40.1 Å². The molecule has 2 aromatic heterocycles. The third kappa shape index (κ3) is 3.29. The number of aromatic nitrogens is 2. The molecule has 1 aliphatic heterocycles. The van der Waals surface area contributed by atoms with E-state index < -0.39 is 0 Å². The van der Waals surface area contributed by atoms with Gasteiger partial charge in [0.2, 0.25) is 6.79 Å². The molecule has 0 spiro atoms. The molecular formula is C27H16ClN3O2. The zero-order valence-corrected chi connectivity index (χ0v) is 18.1. The zero-order chi connectivity index (χ0) is 22.4. The number of hydrogen-bond donors (Lipinski definition) is 0. The van der Waals surface area contributed by atoms with Crippen LogP contribution in [-0.2, 0) is 0 Å². The first-order chi connectivity index (χ1) is 16.2. The molecule has 33 heavy (non-hydrogen) atoms. The first-order valence-electron chi connectivity index (χ1n) is 10.4. The first kappa shape index (κ1) is 19.4. The van der Waals surface area contributed by atoms with Crippen molar-refractivity contribution < 1.29 is 9.47 Å². The van der Waals surface area contributed by atoms with Gasteiger partial charge in [0.1, 0.15) is 11.6 Å². The van der Waals surface area contributed by atoms with Crippen molar-refractivity contribution in [3.63, 3.8) is 0 Å². The van der Waals surface area contributed by atoms with Crippen LogP contribution < -0.4 is 9.47 Å². The molecule has 6 rings (SSSR count). The molecule has 0 amide bonds. The molecule has 0 N–H and O–H groups in total. The minimum Gasteiger partial charge on any atom is -0.454 e. The van der Waals surface area contributed by atoms with Gasteiger partial charge in [0.15, 0.2) is 17.1 Å². The number of nitriles is 1. The molecule has 158 valence electrons. The van der Waals surface area contributed by atoms with Crippen molar-refractivity contribution in [1.82, 2.24) is 9.38 Å². The number of fused-ring (bicyclic) bond motifs is 4. The molecule has 5 nitrogen and oxygen atoms in total. The number of rotatable bonds is 3. The number of halogens is 1. The summed E-state index contributed by atoms with van der Waals surface area (Å²) in [7, 11) is 0. The highest BCUT2D eigenvalue weighted by atomic mass is 35.5. The van der Waals surface area contributed by atoms with Crippen molar-refractivity contribution in [3.05, 3.63) is 94.5 Å². The van der Waals surface area contributed by atoms with Crippen LogP contribution >= 0.6 is 11.6 Å². The summed E-state index contributed by atoms with van der Waals surface area (Å²) in [5.74, 6) is 1.45. The van der Waals surface area contributed by atoms with Crippen LogP contribution in [0, 0.1) is 11.3 Å². The first-order valence-corrected chi connectivity index (χ1v) is 10.8. The Bertz CT molecular complexity index is 1610. The summed E-state index contributed by atoms with van der Waals surface area (Å²) in [5, 5.41) is 10.7. The van der Waals surface area contributed by atoms with Gasteiger partial charge in [-0.05, 0) is 59.2 Å². The highest BCUT2D eigenvalue weighted by Gasteiger charge is 2.17. The van der Waals surface area contributed by atoms with Gasteiger partial charge in [0, 0.05) is 5.02 Å². The number of benzene rings is 3. The van der Waals surface area contributed by atoms with Crippen LogP contribution in [-0.4, -0.2) is 16.2 Å². The number of para-hydroxylation sites is 2. The third-order valence-electron chi connectivity index (χ3n) is 5.71. The lowest BCUT2D eigenvalue weighted by Gasteiger charge is -2.11. The number of pyridine rings is 1. The Labute approximate surface area is 194 Å². The fourth-order valence-electron chi connectivity index (χ4n) is 4.13. The van der Waals surface area contributed by atoms with E-state index in [0.717, 1.165) is 44.9 Å². The van der Waals surface area contributed by atoms with Crippen LogP contribution in [0.3, 0.4) is 0 Å². The highest BCUT2D eigenvalue weighted by Crippen LogP contribution is 2.34. The van der Waals surface area contributed by atoms with Crippen molar-refractivity contribution >= 4 is 40.4 Å². The van der Waals surface area contributed by atoms with Gasteiger partial charge in [0.25, 0.3) is 0 Å². The molecule has 5 aromatic rings. The van der Waals surface area contributed by atoms with Crippen molar-refractivity contribution in [3.8, 4) is 28.8 Å². The fourth-order valence-corrected chi connectivity index (χ4v) is 4.26. The zero-order valence-electron chi connectivity index (χ0n) is 17.3. The van der Waals surface area contributed by atoms with Gasteiger partial charge >= 0.3 is 0 Å². The minimum atomic E-state index is 0.232. The molecule has 0 radical (unpaired) electrons. The molecule has 0 atom stereocenters. The Morgan fingerprint density at radius 3 is 2.61 bits per heavy atom. The Kier molecular flexibility index (Phi) is 4.53. The van der Waals surface area contributed by atoms with Gasteiger partial charge in [-0.25, -0.2) is 4.98 Å². The van der Waals surface area contributed by atoms with Gasteiger partial charge in [-0.2, -0.15) is 5.26 Å². The predicted octanol–water partition coefficient (Wildman–Crippen LogP) is 6.58. The summed E-state index contributed by atoms with van der Waals surface area (Å²) in [5.41, 5.74) is 6.56. The summed E-state index contributed by atoms with van der Waals surface area (Å²) in [6, 6.07) is 25.7. The molecular weight excluding hydrogens is 434 g/mol. The predicted molar refractivity (Wildman–Crippen MR) is 129 cm³/mol. The van der Waals surface area contributed by atoms with Crippen molar-refractivity contribution in [2.75, 3.05) is 6.79 Å². The summed E-state index contributed by atoms with van der Waals surface area (Å²) in [4.78, 5) is 4.80. The summed E-state index contributed by atoms with van der Waals surface area (Å²) in [6.07, 6.45) is 3.90. The van der Waals surface area contributed by atoms with Crippen LogP contribution in [0.15, 0.2) is 72.8 Å². The van der Waals surface area contributed by atoms with E-state index in [9.17, 15) is 5.26 Å². The largest absolute Gasteiger partial charge is 0.454 e. The lowest BCUT2D eigenvalue weighted by Crippen LogP contribution is -1.98. The fraction of sp³-hybridized carbons (Fsp3) is 0.0370. The van der Waals surface area contributed by atoms with Gasteiger partial charge < -0.3 is 9.47 Å². The average Bonchev–Trinajstić information content (AvgIpc) is 3.47. The molecule has 3 heterocycles. The van der Waals surface area contributed by atoms with E-state index in [1.165, 1.54) is 0 Å². The highest BCUT2D eigenvalue weighted by molar-refractivity contribution is 6.30. The number of hydrogen-bond acceptors (Lipinski definition) is 4. The molecule has 3 aromatic carbocycles. The van der Waals surface area contributed by atoms with Crippen molar-refractivity contribution in [2.45, 2.75) is 0 Å². The Hall–Kier alpha value is -4.27. The van der Waals surface area contributed by atoms with Crippen LogP contribution in [0.2, 0.25) is 5.02 Å². The summed E-state index contributed by atoms with van der Waals surface area (Å²) in [6.45, 7) is 0.232. The Balaban J connectivity index is 1.58. The second-order valence-corrected chi connectivity index (χ2v) is 8.12. The minimum absolute atomic E-state index is 0.232. The smallest absolute Gasteiger partial charge is 0.231 e. The number of imidazole rings is 1. The molecule has 0 bridgehead atoms. The maximum atomic E-state index is 10.1. The van der Waals surface area contributed by atoms with E-state index in [0.29, 0.717) is 16.2 Å². The van der Waals surface area contributed by atoms with Crippen molar-refractivity contribution in [1.29, 1.82) is 5.26 Å². The molecule has 6 heteroatoms. The standard InChI is InChI=1S/C27H16ClN3O2/c28-20-10-8-18(9-11-20)24-14-19(7-5-17-6-12-25-26(13-17)33-16-32-25)21(15-29)27-30-22-3-1-2-4-23(22)31(24)27/h1-14H,16H2. The van der Waals surface area contributed by atoms with Gasteiger partial charge in [-0.1, -0.05) is 54.1 Å². The molecule has 1 aliphatic rings. The maximum absolute atomic E-state index is 10.1. The van der Waals surface area contributed by atoms with Crippen LogP contribution in [0.1, 0.15) is 16.7 Å². The topological polar surface area (TPSA) is 59.5 Å². The molecule has 0 saturated carbocycles. The van der Waals surface area contributed by atoms with Gasteiger partial charge in [-0.15, -0.1) is 0 Å². The normalized spacial score (nSPS) is 12.6. The summed E-state index contributed by atoms with van der Waals surface area (Å²) >= 11 is 6.14. The molecule has 0 fully saturated rings. The second-order valence-electron chi connectivity index (χ2n) is 7.68. The third-order valence-corrected chi connectivity index (χ3v) is 5.96. The SMILES string of the molecule is N#Cc1c(C=Cc2ccc3c(c2)OCO3)cc(-c2ccc(Cl)cc2)n2c1nc1ccccc12. The lowest BCUT2D eigenvalue weighted by atomic mass is 10.0. The summed E-state index contributed by atoms with van der Waals surface area (Å²) < 4.78 is 12.9. The van der Waals surface area contributed by atoms with E-state index in [-0.39, 0.29) is 6.79 Å². The lowest BCUT2D eigenvalue weighted by molar-refractivity contribution is 0.174.